The van der Waals surface area contributed by atoms with E-state index >= 15 is 0 Å². The smallest absolute Gasteiger partial charge is 0.348 e. The third kappa shape index (κ3) is 2.93. The predicted molar refractivity (Wildman–Crippen MR) is 59.7 cm³/mol. The highest BCUT2D eigenvalue weighted by atomic mass is 79.9. The Kier molecular flexibility index (Phi) is 4.07. The maximum Gasteiger partial charge on any atom is 0.348 e. The van der Waals surface area contributed by atoms with E-state index in [4.69, 9.17) is 5.26 Å². The normalized spacial score (nSPS) is 10.6. The zero-order valence-electron chi connectivity index (χ0n) is 8.03. The van der Waals surface area contributed by atoms with Gasteiger partial charge in [-0.3, -0.25) is 0 Å². The lowest BCUT2D eigenvalue weighted by Gasteiger charge is -1.99. The number of ether oxygens (including phenoxy) is 1. The molecule has 0 aliphatic carbocycles. The molecule has 0 amide bonds. The van der Waals surface area contributed by atoms with Crippen LogP contribution in [0.5, 0.6) is 0 Å². The first kappa shape index (κ1) is 11.5. The number of benzene rings is 1. The van der Waals surface area contributed by atoms with Gasteiger partial charge in [0.15, 0.2) is 0 Å². The van der Waals surface area contributed by atoms with Gasteiger partial charge in [-0.2, -0.15) is 5.26 Å². The molecule has 0 aliphatic rings. The minimum Gasteiger partial charge on any atom is -0.465 e. The maximum atomic E-state index is 11.1. The number of methoxy groups -OCH3 is 1. The second kappa shape index (κ2) is 5.32. The summed E-state index contributed by atoms with van der Waals surface area (Å²) >= 11 is 3.32. The molecule has 0 heterocycles. The molecule has 76 valence electrons. The Morgan fingerprint density at radius 1 is 1.53 bits per heavy atom. The Hall–Kier alpha value is -1.60. The Balaban J connectivity index is 3.11. The molecule has 15 heavy (non-hydrogen) atoms. The fourth-order valence-corrected chi connectivity index (χ4v) is 1.39. The van der Waals surface area contributed by atoms with E-state index in [-0.39, 0.29) is 5.57 Å². The SMILES string of the molecule is COC(=O)/C(C#N)=C\c1ccccc1Br. The van der Waals surface area contributed by atoms with Crippen LogP contribution in [0.3, 0.4) is 0 Å². The number of carbonyl (C=O) groups excluding carboxylic acids is 1. The van der Waals surface area contributed by atoms with Gasteiger partial charge in [0.25, 0.3) is 0 Å². The van der Waals surface area contributed by atoms with Crippen LogP contribution < -0.4 is 0 Å². The van der Waals surface area contributed by atoms with Crippen molar-refractivity contribution < 1.29 is 9.53 Å². The summed E-state index contributed by atoms with van der Waals surface area (Å²) in [6, 6.07) is 9.10. The number of nitriles is 1. The van der Waals surface area contributed by atoms with Crippen molar-refractivity contribution in [2.24, 2.45) is 0 Å². The van der Waals surface area contributed by atoms with Gasteiger partial charge < -0.3 is 4.74 Å². The van der Waals surface area contributed by atoms with Crippen LogP contribution in [-0.4, -0.2) is 13.1 Å². The molecule has 0 spiro atoms. The van der Waals surface area contributed by atoms with E-state index in [0.717, 1.165) is 10.0 Å². The molecule has 0 N–H and O–H groups in total. The first-order valence-electron chi connectivity index (χ1n) is 4.13. The standard InChI is InChI=1S/C11H8BrNO2/c1-15-11(14)9(7-13)6-8-4-2-3-5-10(8)12/h2-6H,1H3/b9-6-. The molecule has 0 radical (unpaired) electrons. The van der Waals surface area contributed by atoms with Crippen LogP contribution in [-0.2, 0) is 9.53 Å². The summed E-state index contributed by atoms with van der Waals surface area (Å²) in [7, 11) is 1.24. The second-order valence-corrected chi connectivity index (χ2v) is 3.54. The Morgan fingerprint density at radius 2 is 2.20 bits per heavy atom. The molecule has 1 aromatic rings. The molecular weight excluding hydrogens is 258 g/mol. The molecule has 4 heteroatoms. The van der Waals surface area contributed by atoms with Crippen molar-refractivity contribution in [1.29, 1.82) is 5.26 Å². The van der Waals surface area contributed by atoms with Crippen molar-refractivity contribution in [1.82, 2.24) is 0 Å². The van der Waals surface area contributed by atoms with E-state index in [0.29, 0.717) is 0 Å². The summed E-state index contributed by atoms with van der Waals surface area (Å²) in [6.07, 6.45) is 1.48. The average molecular weight is 266 g/mol. The van der Waals surface area contributed by atoms with Crippen molar-refractivity contribution in [3.63, 3.8) is 0 Å². The van der Waals surface area contributed by atoms with Crippen LogP contribution in [0.1, 0.15) is 5.56 Å². The van der Waals surface area contributed by atoms with Crippen LogP contribution in [0.4, 0.5) is 0 Å². The third-order valence-electron chi connectivity index (χ3n) is 1.73. The third-order valence-corrected chi connectivity index (χ3v) is 2.45. The molecule has 0 atom stereocenters. The molecule has 1 aromatic carbocycles. The van der Waals surface area contributed by atoms with E-state index in [9.17, 15) is 4.79 Å². The summed E-state index contributed by atoms with van der Waals surface area (Å²) in [4.78, 5) is 11.1. The Bertz CT molecular complexity index is 446. The van der Waals surface area contributed by atoms with Crippen LogP contribution in [0.25, 0.3) is 6.08 Å². The molecule has 1 rings (SSSR count). The lowest BCUT2D eigenvalue weighted by Crippen LogP contribution is -2.02. The molecule has 0 unspecified atom stereocenters. The van der Waals surface area contributed by atoms with Gasteiger partial charge in [0.2, 0.25) is 0 Å². The van der Waals surface area contributed by atoms with Crippen LogP contribution in [0.15, 0.2) is 34.3 Å². The summed E-state index contributed by atoms with van der Waals surface area (Å²) in [5.74, 6) is -0.631. The van der Waals surface area contributed by atoms with Gasteiger partial charge in [-0.1, -0.05) is 34.1 Å². The molecular formula is C11H8BrNO2. The molecule has 0 aromatic heterocycles. The lowest BCUT2D eigenvalue weighted by molar-refractivity contribution is -0.135. The highest BCUT2D eigenvalue weighted by Crippen LogP contribution is 2.18. The fourth-order valence-electron chi connectivity index (χ4n) is 0.994. The molecule has 0 bridgehead atoms. The number of carbonyl (C=O) groups is 1. The number of esters is 1. The van der Waals surface area contributed by atoms with E-state index in [1.54, 1.807) is 12.1 Å². The number of hydrogen-bond acceptors (Lipinski definition) is 3. The Labute approximate surface area is 96.1 Å². The van der Waals surface area contributed by atoms with Crippen molar-refractivity contribution in [3.8, 4) is 6.07 Å². The van der Waals surface area contributed by atoms with Gasteiger partial charge in [-0.05, 0) is 17.7 Å². The summed E-state index contributed by atoms with van der Waals surface area (Å²) in [5, 5.41) is 8.75. The molecule has 0 saturated carbocycles. The minimum atomic E-state index is -0.631. The van der Waals surface area contributed by atoms with Gasteiger partial charge in [-0.15, -0.1) is 0 Å². The van der Waals surface area contributed by atoms with E-state index in [1.165, 1.54) is 13.2 Å². The first-order chi connectivity index (χ1) is 7.19. The number of rotatable bonds is 2. The molecule has 0 aliphatic heterocycles. The van der Waals surface area contributed by atoms with Crippen molar-refractivity contribution in [2.75, 3.05) is 7.11 Å². The van der Waals surface area contributed by atoms with Crippen LogP contribution in [0, 0.1) is 11.3 Å². The summed E-state index contributed by atoms with van der Waals surface area (Å²) in [5.41, 5.74) is 0.740. The highest BCUT2D eigenvalue weighted by Gasteiger charge is 2.08. The zero-order chi connectivity index (χ0) is 11.3. The van der Waals surface area contributed by atoms with E-state index in [1.807, 2.05) is 18.2 Å². The summed E-state index contributed by atoms with van der Waals surface area (Å²) in [6.45, 7) is 0. The van der Waals surface area contributed by atoms with Gasteiger partial charge in [0.1, 0.15) is 11.6 Å². The number of hydrogen-bond donors (Lipinski definition) is 0. The van der Waals surface area contributed by atoms with E-state index < -0.39 is 5.97 Å². The largest absolute Gasteiger partial charge is 0.465 e. The van der Waals surface area contributed by atoms with Crippen molar-refractivity contribution in [3.05, 3.63) is 39.9 Å². The summed E-state index contributed by atoms with van der Waals surface area (Å²) < 4.78 is 5.29. The van der Waals surface area contributed by atoms with Gasteiger partial charge >= 0.3 is 5.97 Å². The fraction of sp³-hybridized carbons (Fsp3) is 0.0909. The molecule has 0 fully saturated rings. The van der Waals surface area contributed by atoms with Gasteiger partial charge in [0, 0.05) is 4.47 Å². The quantitative estimate of drug-likeness (QED) is 0.469. The number of halogens is 1. The highest BCUT2D eigenvalue weighted by molar-refractivity contribution is 9.10. The average Bonchev–Trinajstić information content (AvgIpc) is 2.27. The first-order valence-corrected chi connectivity index (χ1v) is 4.93. The predicted octanol–water partition coefficient (Wildman–Crippen LogP) is 2.53. The van der Waals surface area contributed by atoms with E-state index in [2.05, 4.69) is 20.7 Å². The monoisotopic (exact) mass is 265 g/mol. The van der Waals surface area contributed by atoms with Crippen LogP contribution in [0.2, 0.25) is 0 Å². The topological polar surface area (TPSA) is 50.1 Å². The lowest BCUT2D eigenvalue weighted by atomic mass is 10.1. The molecule has 3 nitrogen and oxygen atoms in total. The van der Waals surface area contributed by atoms with Gasteiger partial charge in [-0.25, -0.2) is 4.79 Å². The minimum absolute atomic E-state index is 0.0237. The zero-order valence-corrected chi connectivity index (χ0v) is 9.61. The van der Waals surface area contributed by atoms with Crippen LogP contribution >= 0.6 is 15.9 Å². The number of nitrogens with zero attached hydrogens (tertiary/aromatic N) is 1. The second-order valence-electron chi connectivity index (χ2n) is 2.68. The van der Waals surface area contributed by atoms with Crippen molar-refractivity contribution >= 4 is 28.0 Å². The maximum absolute atomic E-state index is 11.1. The van der Waals surface area contributed by atoms with Gasteiger partial charge in [0.05, 0.1) is 7.11 Å². The van der Waals surface area contributed by atoms with Crippen molar-refractivity contribution in [2.45, 2.75) is 0 Å². The Morgan fingerprint density at radius 3 is 2.73 bits per heavy atom. The molecule has 0 saturated heterocycles.